The molecule has 3 fully saturated rings. The Labute approximate surface area is 178 Å². The Bertz CT molecular complexity index is 878. The van der Waals surface area contributed by atoms with E-state index in [9.17, 15) is 4.79 Å². The second-order valence-corrected chi connectivity index (χ2v) is 9.19. The van der Waals surface area contributed by atoms with Crippen molar-refractivity contribution in [2.75, 3.05) is 39.3 Å². The lowest BCUT2D eigenvalue weighted by Gasteiger charge is -2.44. The van der Waals surface area contributed by atoms with Gasteiger partial charge in [-0.25, -0.2) is 0 Å². The Kier molecular flexibility index (Phi) is 5.37. The fraction of sp³-hybridized carbons (Fsp3) is 0.583. The molecule has 1 saturated carbocycles. The summed E-state index contributed by atoms with van der Waals surface area (Å²) in [7, 11) is 1.97. The SMILES string of the molecule is Cn1nccc1C1CN(CCc2ccccc2)CC12OCCN(CC1CCC1)C2=O. The second kappa shape index (κ2) is 8.16. The number of rotatable bonds is 6. The van der Waals surface area contributed by atoms with Crippen LogP contribution in [0.2, 0.25) is 0 Å². The molecule has 1 amide bonds. The normalized spacial score (nSPS) is 27.7. The van der Waals surface area contributed by atoms with Gasteiger partial charge in [0.2, 0.25) is 0 Å². The molecule has 30 heavy (non-hydrogen) atoms. The van der Waals surface area contributed by atoms with E-state index < -0.39 is 5.60 Å². The van der Waals surface area contributed by atoms with Crippen molar-refractivity contribution in [3.63, 3.8) is 0 Å². The van der Waals surface area contributed by atoms with Crippen LogP contribution in [0.5, 0.6) is 0 Å². The molecular formula is C24H32N4O2. The molecule has 2 aliphatic heterocycles. The number of aryl methyl sites for hydroxylation is 1. The van der Waals surface area contributed by atoms with Gasteiger partial charge >= 0.3 is 0 Å². The number of hydrogen-bond acceptors (Lipinski definition) is 4. The Morgan fingerprint density at radius 3 is 2.73 bits per heavy atom. The number of likely N-dealkylation sites (tertiary alicyclic amines) is 1. The van der Waals surface area contributed by atoms with Gasteiger partial charge in [-0.1, -0.05) is 36.8 Å². The van der Waals surface area contributed by atoms with Crippen molar-refractivity contribution in [1.82, 2.24) is 19.6 Å². The molecule has 2 unspecified atom stereocenters. The Balaban J connectivity index is 1.38. The van der Waals surface area contributed by atoms with Gasteiger partial charge in [0.05, 0.1) is 12.5 Å². The lowest BCUT2D eigenvalue weighted by Crippen LogP contribution is -2.61. The maximum absolute atomic E-state index is 13.8. The summed E-state index contributed by atoms with van der Waals surface area (Å²) in [5.74, 6) is 0.876. The average Bonchev–Trinajstić information content (AvgIpc) is 3.31. The lowest BCUT2D eigenvalue weighted by atomic mass is 9.82. The predicted molar refractivity (Wildman–Crippen MR) is 115 cm³/mol. The lowest BCUT2D eigenvalue weighted by molar-refractivity contribution is -0.173. The molecule has 3 heterocycles. The molecule has 1 spiro atoms. The van der Waals surface area contributed by atoms with Crippen molar-refractivity contribution in [1.29, 1.82) is 0 Å². The standard InChI is InChI=1S/C24H32N4O2/c1-26-22(10-12-25-26)21-17-27(13-11-19-6-3-2-4-7-19)18-24(21)23(29)28(14-15-30-24)16-20-8-5-9-20/h2-4,6-7,10,12,20-21H,5,8-9,11,13-18H2,1H3. The number of carbonyl (C=O) groups excluding carboxylic acids is 1. The molecule has 0 radical (unpaired) electrons. The van der Waals surface area contributed by atoms with Crippen LogP contribution in [-0.4, -0.2) is 70.4 Å². The van der Waals surface area contributed by atoms with E-state index in [-0.39, 0.29) is 11.8 Å². The van der Waals surface area contributed by atoms with Gasteiger partial charge in [-0.15, -0.1) is 0 Å². The first-order chi connectivity index (χ1) is 14.7. The Morgan fingerprint density at radius 1 is 1.20 bits per heavy atom. The van der Waals surface area contributed by atoms with Gasteiger partial charge < -0.3 is 9.64 Å². The summed E-state index contributed by atoms with van der Waals surface area (Å²) in [6.45, 7) is 4.66. The van der Waals surface area contributed by atoms with Gasteiger partial charge in [-0.2, -0.15) is 5.10 Å². The van der Waals surface area contributed by atoms with E-state index in [0.29, 0.717) is 19.1 Å². The molecule has 0 bridgehead atoms. The van der Waals surface area contributed by atoms with Crippen LogP contribution in [0.3, 0.4) is 0 Å². The van der Waals surface area contributed by atoms with Gasteiger partial charge in [-0.3, -0.25) is 14.4 Å². The van der Waals surface area contributed by atoms with Crippen molar-refractivity contribution >= 4 is 5.91 Å². The quantitative estimate of drug-likeness (QED) is 0.737. The van der Waals surface area contributed by atoms with E-state index in [1.54, 1.807) is 0 Å². The second-order valence-electron chi connectivity index (χ2n) is 9.19. The molecule has 0 N–H and O–H groups in total. The highest BCUT2D eigenvalue weighted by molar-refractivity contribution is 5.88. The van der Waals surface area contributed by atoms with E-state index in [4.69, 9.17) is 4.74 Å². The summed E-state index contributed by atoms with van der Waals surface area (Å²) in [6, 6.07) is 12.6. The molecule has 2 aromatic rings. The monoisotopic (exact) mass is 408 g/mol. The van der Waals surface area contributed by atoms with Gasteiger partial charge in [0, 0.05) is 51.7 Å². The molecule has 6 nitrogen and oxygen atoms in total. The largest absolute Gasteiger partial charge is 0.361 e. The fourth-order valence-electron chi connectivity index (χ4n) is 5.37. The number of hydrogen-bond donors (Lipinski definition) is 0. The summed E-state index contributed by atoms with van der Waals surface area (Å²) in [6.07, 6.45) is 6.63. The number of carbonyl (C=O) groups is 1. The van der Waals surface area contributed by atoms with E-state index in [1.807, 2.05) is 17.9 Å². The van der Waals surface area contributed by atoms with E-state index in [1.165, 1.54) is 24.8 Å². The third kappa shape index (κ3) is 3.56. The zero-order valence-electron chi connectivity index (χ0n) is 17.9. The summed E-state index contributed by atoms with van der Waals surface area (Å²) in [5, 5.41) is 4.39. The average molecular weight is 409 g/mol. The molecule has 6 heteroatoms. The van der Waals surface area contributed by atoms with E-state index >= 15 is 0 Å². The molecule has 160 valence electrons. The molecule has 2 atom stereocenters. The third-order valence-electron chi connectivity index (χ3n) is 7.31. The number of ether oxygens (including phenoxy) is 1. The van der Waals surface area contributed by atoms with Gasteiger partial charge in [0.25, 0.3) is 5.91 Å². The van der Waals surface area contributed by atoms with Crippen LogP contribution in [0.4, 0.5) is 0 Å². The highest BCUT2D eigenvalue weighted by Gasteiger charge is 2.57. The molecule has 1 aliphatic carbocycles. The number of amides is 1. The van der Waals surface area contributed by atoms with Gasteiger partial charge in [0.1, 0.15) is 0 Å². The molecular weight excluding hydrogens is 376 g/mol. The summed E-state index contributed by atoms with van der Waals surface area (Å²) in [5.41, 5.74) is 1.64. The molecule has 2 saturated heterocycles. The number of aromatic nitrogens is 2. The van der Waals surface area contributed by atoms with Crippen molar-refractivity contribution in [3.05, 3.63) is 53.9 Å². The zero-order valence-corrected chi connectivity index (χ0v) is 17.9. The van der Waals surface area contributed by atoms with Crippen molar-refractivity contribution in [3.8, 4) is 0 Å². The van der Waals surface area contributed by atoms with Crippen LogP contribution in [0.25, 0.3) is 0 Å². The minimum atomic E-state index is -0.785. The van der Waals surface area contributed by atoms with Gasteiger partial charge in [-0.05, 0) is 36.8 Å². The maximum atomic E-state index is 13.8. The van der Waals surface area contributed by atoms with Gasteiger partial charge in [0.15, 0.2) is 5.60 Å². The van der Waals surface area contributed by atoms with Crippen LogP contribution < -0.4 is 0 Å². The summed E-state index contributed by atoms with van der Waals surface area (Å²) in [4.78, 5) is 18.3. The maximum Gasteiger partial charge on any atom is 0.257 e. The number of nitrogens with zero attached hydrogens (tertiary/aromatic N) is 4. The Hall–Kier alpha value is -2.18. The summed E-state index contributed by atoms with van der Waals surface area (Å²) >= 11 is 0. The minimum Gasteiger partial charge on any atom is -0.361 e. The molecule has 1 aromatic carbocycles. The molecule has 5 rings (SSSR count). The number of morpholine rings is 1. The number of benzene rings is 1. The van der Waals surface area contributed by atoms with E-state index in [2.05, 4.69) is 51.3 Å². The first-order valence-electron chi connectivity index (χ1n) is 11.3. The first kappa shape index (κ1) is 19.8. The summed E-state index contributed by atoms with van der Waals surface area (Å²) < 4.78 is 8.31. The van der Waals surface area contributed by atoms with Crippen LogP contribution >= 0.6 is 0 Å². The van der Waals surface area contributed by atoms with Crippen molar-refractivity contribution in [2.45, 2.75) is 37.2 Å². The highest BCUT2D eigenvalue weighted by Crippen LogP contribution is 2.42. The van der Waals surface area contributed by atoms with Crippen molar-refractivity contribution < 1.29 is 9.53 Å². The van der Waals surface area contributed by atoms with Crippen LogP contribution in [-0.2, 0) is 23.0 Å². The molecule has 1 aromatic heterocycles. The topological polar surface area (TPSA) is 50.6 Å². The van der Waals surface area contributed by atoms with Crippen LogP contribution in [0.15, 0.2) is 42.6 Å². The fourth-order valence-corrected chi connectivity index (χ4v) is 5.37. The Morgan fingerprint density at radius 2 is 2.03 bits per heavy atom. The molecule has 3 aliphatic rings. The van der Waals surface area contributed by atoms with Crippen molar-refractivity contribution in [2.24, 2.45) is 13.0 Å². The smallest absolute Gasteiger partial charge is 0.257 e. The zero-order chi connectivity index (χ0) is 20.6. The third-order valence-corrected chi connectivity index (χ3v) is 7.31. The highest BCUT2D eigenvalue weighted by atomic mass is 16.5. The van der Waals surface area contributed by atoms with E-state index in [0.717, 1.165) is 38.3 Å². The first-order valence-corrected chi connectivity index (χ1v) is 11.3. The van der Waals surface area contributed by atoms with Crippen LogP contribution in [0.1, 0.15) is 36.4 Å². The van der Waals surface area contributed by atoms with Crippen LogP contribution in [0, 0.1) is 5.92 Å². The minimum absolute atomic E-state index is 0.0115. The predicted octanol–water partition coefficient (Wildman–Crippen LogP) is 2.46.